The summed E-state index contributed by atoms with van der Waals surface area (Å²) in [5.41, 5.74) is 7.48. The zero-order valence-corrected chi connectivity index (χ0v) is 12.6. The maximum atomic E-state index is 5.99. The van der Waals surface area contributed by atoms with Crippen molar-refractivity contribution in [1.82, 2.24) is 10.2 Å². The Balaban J connectivity index is 1.90. The molecule has 96 valence electrons. The van der Waals surface area contributed by atoms with E-state index in [0.717, 1.165) is 22.2 Å². The molecular weight excluding hydrogens is 282 g/mol. The highest BCUT2D eigenvalue weighted by molar-refractivity contribution is 7.98. The van der Waals surface area contributed by atoms with E-state index in [1.807, 2.05) is 23.1 Å². The van der Waals surface area contributed by atoms with Crippen LogP contribution in [0.15, 0.2) is 6.07 Å². The molecule has 1 atom stereocenters. The van der Waals surface area contributed by atoms with E-state index in [9.17, 15) is 0 Å². The lowest BCUT2D eigenvalue weighted by Gasteiger charge is -2.08. The Morgan fingerprint density at radius 2 is 2.28 bits per heavy atom. The van der Waals surface area contributed by atoms with Gasteiger partial charge in [-0.3, -0.25) is 0 Å². The van der Waals surface area contributed by atoms with Crippen molar-refractivity contribution in [3.8, 4) is 9.88 Å². The number of nitrogens with zero attached hydrogens (tertiary/aromatic N) is 2. The van der Waals surface area contributed by atoms with Crippen LogP contribution >= 0.6 is 34.4 Å². The first kappa shape index (κ1) is 12.6. The summed E-state index contributed by atoms with van der Waals surface area (Å²) in [4.78, 5) is 2.79. The molecule has 2 aromatic rings. The SMILES string of the molecule is CCC(N)c1nnc(-c2cc3c(s2)CCSC3)s1. The quantitative estimate of drug-likeness (QED) is 0.942. The van der Waals surface area contributed by atoms with Gasteiger partial charge in [-0.05, 0) is 30.2 Å². The highest BCUT2D eigenvalue weighted by Gasteiger charge is 2.18. The molecular formula is C12H15N3S3. The summed E-state index contributed by atoms with van der Waals surface area (Å²) in [6.45, 7) is 2.08. The molecule has 0 saturated heterocycles. The molecule has 3 heterocycles. The van der Waals surface area contributed by atoms with Crippen LogP contribution < -0.4 is 5.73 Å². The molecule has 6 heteroatoms. The van der Waals surface area contributed by atoms with Crippen LogP contribution in [-0.4, -0.2) is 16.0 Å². The number of thioether (sulfide) groups is 1. The Kier molecular flexibility index (Phi) is 3.70. The lowest BCUT2D eigenvalue weighted by molar-refractivity contribution is 0.683. The van der Waals surface area contributed by atoms with Crippen molar-refractivity contribution in [2.75, 3.05) is 5.75 Å². The molecule has 3 rings (SSSR count). The first-order chi connectivity index (χ1) is 8.78. The van der Waals surface area contributed by atoms with Gasteiger partial charge in [0.2, 0.25) is 0 Å². The second-order valence-electron chi connectivity index (χ2n) is 4.32. The average molecular weight is 297 g/mol. The molecule has 0 saturated carbocycles. The maximum Gasteiger partial charge on any atom is 0.157 e. The molecule has 1 unspecified atom stereocenters. The van der Waals surface area contributed by atoms with Gasteiger partial charge in [-0.2, -0.15) is 11.8 Å². The summed E-state index contributed by atoms with van der Waals surface area (Å²) < 4.78 is 0. The summed E-state index contributed by atoms with van der Waals surface area (Å²) in [7, 11) is 0. The van der Waals surface area contributed by atoms with Crippen molar-refractivity contribution < 1.29 is 0 Å². The Morgan fingerprint density at radius 1 is 1.39 bits per heavy atom. The van der Waals surface area contributed by atoms with E-state index in [1.165, 1.54) is 27.5 Å². The molecule has 2 aromatic heterocycles. The van der Waals surface area contributed by atoms with Crippen LogP contribution in [0.1, 0.15) is 34.8 Å². The van der Waals surface area contributed by atoms with E-state index in [4.69, 9.17) is 5.73 Å². The van der Waals surface area contributed by atoms with E-state index in [0.29, 0.717) is 0 Å². The van der Waals surface area contributed by atoms with Crippen LogP contribution in [0.2, 0.25) is 0 Å². The fourth-order valence-corrected chi connectivity index (χ4v) is 5.25. The zero-order valence-electron chi connectivity index (χ0n) is 10.2. The lowest BCUT2D eigenvalue weighted by Crippen LogP contribution is -2.07. The molecule has 0 spiro atoms. The Labute approximate surface area is 119 Å². The van der Waals surface area contributed by atoms with Gasteiger partial charge in [0.05, 0.1) is 10.9 Å². The molecule has 0 aromatic carbocycles. The van der Waals surface area contributed by atoms with Crippen molar-refractivity contribution in [3.05, 3.63) is 21.5 Å². The van der Waals surface area contributed by atoms with Gasteiger partial charge in [0.1, 0.15) is 5.01 Å². The molecule has 0 amide bonds. The molecule has 18 heavy (non-hydrogen) atoms. The van der Waals surface area contributed by atoms with Crippen LogP contribution in [0.5, 0.6) is 0 Å². The zero-order chi connectivity index (χ0) is 12.5. The fourth-order valence-electron chi connectivity index (χ4n) is 1.91. The normalized spacial score (nSPS) is 16.6. The van der Waals surface area contributed by atoms with Crippen molar-refractivity contribution in [2.24, 2.45) is 5.73 Å². The monoisotopic (exact) mass is 297 g/mol. The fraction of sp³-hybridized carbons (Fsp3) is 0.500. The Morgan fingerprint density at radius 3 is 3.06 bits per heavy atom. The number of aromatic nitrogens is 2. The van der Waals surface area contributed by atoms with Crippen molar-refractivity contribution in [1.29, 1.82) is 0 Å². The molecule has 0 radical (unpaired) electrons. The van der Waals surface area contributed by atoms with Gasteiger partial charge in [-0.15, -0.1) is 21.5 Å². The van der Waals surface area contributed by atoms with Gasteiger partial charge in [0.25, 0.3) is 0 Å². The van der Waals surface area contributed by atoms with Gasteiger partial charge in [-0.1, -0.05) is 18.3 Å². The van der Waals surface area contributed by atoms with Gasteiger partial charge in [0, 0.05) is 10.6 Å². The minimum atomic E-state index is 0.0291. The van der Waals surface area contributed by atoms with Gasteiger partial charge in [0.15, 0.2) is 5.01 Å². The highest BCUT2D eigenvalue weighted by atomic mass is 32.2. The summed E-state index contributed by atoms with van der Waals surface area (Å²) in [6, 6.07) is 2.31. The van der Waals surface area contributed by atoms with Crippen LogP contribution in [0.25, 0.3) is 9.88 Å². The van der Waals surface area contributed by atoms with E-state index in [-0.39, 0.29) is 6.04 Å². The van der Waals surface area contributed by atoms with Gasteiger partial charge in [-0.25, -0.2) is 0 Å². The number of thiophene rings is 1. The molecule has 1 aliphatic rings. The molecule has 0 bridgehead atoms. The highest BCUT2D eigenvalue weighted by Crippen LogP contribution is 2.38. The Bertz CT molecular complexity index is 523. The maximum absolute atomic E-state index is 5.99. The van der Waals surface area contributed by atoms with E-state index in [1.54, 1.807) is 11.3 Å². The summed E-state index contributed by atoms with van der Waals surface area (Å²) >= 11 is 5.53. The first-order valence-corrected chi connectivity index (χ1v) is 8.85. The predicted molar refractivity (Wildman–Crippen MR) is 80.3 cm³/mol. The lowest BCUT2D eigenvalue weighted by atomic mass is 10.2. The summed E-state index contributed by atoms with van der Waals surface area (Å²) in [6.07, 6.45) is 2.11. The third-order valence-corrected chi connectivity index (χ3v) is 6.51. The molecule has 0 aliphatic carbocycles. The second-order valence-corrected chi connectivity index (χ2v) is 7.57. The first-order valence-electron chi connectivity index (χ1n) is 6.06. The number of hydrogen-bond donors (Lipinski definition) is 1. The largest absolute Gasteiger partial charge is 0.322 e. The number of aryl methyl sites for hydroxylation is 1. The predicted octanol–water partition coefficient (Wildman–Crippen LogP) is 3.47. The van der Waals surface area contributed by atoms with Crippen LogP contribution in [0, 0.1) is 0 Å². The smallest absolute Gasteiger partial charge is 0.157 e. The third-order valence-electron chi connectivity index (χ3n) is 3.04. The van der Waals surface area contributed by atoms with Crippen LogP contribution in [-0.2, 0) is 12.2 Å². The standard InChI is InChI=1S/C12H15N3S3/c1-2-8(13)11-14-15-12(18-11)10-5-7-6-16-4-3-9(7)17-10/h5,8H,2-4,6,13H2,1H3. The number of fused-ring (bicyclic) bond motifs is 1. The topological polar surface area (TPSA) is 51.8 Å². The second kappa shape index (κ2) is 5.28. The molecule has 1 aliphatic heterocycles. The van der Waals surface area contributed by atoms with Gasteiger partial charge >= 0.3 is 0 Å². The Hall–Kier alpha value is -0.430. The van der Waals surface area contributed by atoms with Crippen molar-refractivity contribution in [3.63, 3.8) is 0 Å². The summed E-state index contributed by atoms with van der Waals surface area (Å²) in [5.74, 6) is 2.39. The van der Waals surface area contributed by atoms with Crippen molar-refractivity contribution >= 4 is 34.4 Å². The molecule has 3 nitrogen and oxygen atoms in total. The number of nitrogens with two attached hydrogens (primary N) is 1. The number of hydrogen-bond acceptors (Lipinski definition) is 6. The van der Waals surface area contributed by atoms with Gasteiger partial charge < -0.3 is 5.73 Å². The van der Waals surface area contributed by atoms with E-state index >= 15 is 0 Å². The minimum absolute atomic E-state index is 0.0291. The van der Waals surface area contributed by atoms with E-state index in [2.05, 4.69) is 23.2 Å². The van der Waals surface area contributed by atoms with Crippen LogP contribution in [0.4, 0.5) is 0 Å². The van der Waals surface area contributed by atoms with Crippen LogP contribution in [0.3, 0.4) is 0 Å². The number of rotatable bonds is 3. The average Bonchev–Trinajstić information content (AvgIpc) is 3.03. The minimum Gasteiger partial charge on any atom is -0.322 e. The summed E-state index contributed by atoms with van der Waals surface area (Å²) in [5, 5.41) is 10.5. The van der Waals surface area contributed by atoms with Crippen molar-refractivity contribution in [2.45, 2.75) is 31.6 Å². The molecule has 2 N–H and O–H groups in total. The van der Waals surface area contributed by atoms with E-state index < -0.39 is 0 Å². The molecule has 0 fully saturated rings. The third kappa shape index (κ3) is 2.34.